The van der Waals surface area contributed by atoms with Crippen molar-refractivity contribution in [1.82, 2.24) is 24.6 Å². The van der Waals surface area contributed by atoms with Gasteiger partial charge in [0.1, 0.15) is 0 Å². The molecule has 31 heavy (non-hydrogen) atoms. The number of hydrogen-bond acceptors (Lipinski definition) is 9. The Morgan fingerprint density at radius 2 is 1.84 bits per heavy atom. The lowest BCUT2D eigenvalue weighted by atomic mass is 10.2. The van der Waals surface area contributed by atoms with Crippen molar-refractivity contribution >= 4 is 33.2 Å². The molecule has 0 aliphatic heterocycles. The summed E-state index contributed by atoms with van der Waals surface area (Å²) in [7, 11) is -0.801. The van der Waals surface area contributed by atoms with Crippen molar-refractivity contribution in [2.24, 2.45) is 0 Å². The summed E-state index contributed by atoms with van der Waals surface area (Å²) in [5, 5.41) is 4.50. The van der Waals surface area contributed by atoms with Gasteiger partial charge in [-0.25, -0.2) is 32.5 Å². The third-order valence-corrected chi connectivity index (χ3v) is 6.77. The molecule has 0 fully saturated rings. The largest absolute Gasteiger partial charge is 0.451 e. The first-order chi connectivity index (χ1) is 14.8. The van der Waals surface area contributed by atoms with E-state index in [-0.39, 0.29) is 17.1 Å². The fourth-order valence-electron chi connectivity index (χ4n) is 2.43. The van der Waals surface area contributed by atoms with Crippen molar-refractivity contribution in [3.63, 3.8) is 0 Å². The van der Waals surface area contributed by atoms with Gasteiger partial charge in [0.25, 0.3) is 5.91 Å². The molecule has 0 aliphatic rings. The maximum Gasteiger partial charge on any atom is 0.358 e. The molecule has 3 rings (SSSR count). The Bertz CT molecular complexity index is 1180. The van der Waals surface area contributed by atoms with Gasteiger partial charge in [-0.05, 0) is 17.7 Å². The van der Waals surface area contributed by atoms with Gasteiger partial charge in [0.15, 0.2) is 23.1 Å². The summed E-state index contributed by atoms with van der Waals surface area (Å²) in [6.45, 7) is -0.568. The van der Waals surface area contributed by atoms with E-state index in [1.165, 1.54) is 36.9 Å². The molecule has 0 spiro atoms. The zero-order valence-electron chi connectivity index (χ0n) is 16.7. The molecule has 0 radical (unpaired) electrons. The second kappa shape index (κ2) is 9.73. The van der Waals surface area contributed by atoms with E-state index in [0.29, 0.717) is 16.4 Å². The molecule has 0 bridgehead atoms. The smallest absolute Gasteiger partial charge is 0.358 e. The number of carbonyl (C=O) groups excluding carboxylic acids is 2. The van der Waals surface area contributed by atoms with Crippen LogP contribution in [-0.4, -0.2) is 60.3 Å². The van der Waals surface area contributed by atoms with Gasteiger partial charge in [0, 0.05) is 38.4 Å². The Labute approximate surface area is 183 Å². The molecule has 0 saturated carbocycles. The lowest BCUT2D eigenvalue weighted by molar-refractivity contribution is -0.124. The number of amides is 1. The third-order valence-electron chi connectivity index (χ3n) is 4.01. The van der Waals surface area contributed by atoms with E-state index in [9.17, 15) is 18.0 Å². The van der Waals surface area contributed by atoms with Crippen LogP contribution in [0.2, 0.25) is 0 Å². The molecule has 0 unspecified atom stereocenters. The molecular formula is C19H19N5O5S2. The predicted molar refractivity (Wildman–Crippen MR) is 113 cm³/mol. The normalized spacial score (nSPS) is 11.3. The number of carbonyl (C=O) groups is 2. The average Bonchev–Trinajstić information content (AvgIpc) is 3.27. The van der Waals surface area contributed by atoms with E-state index in [2.05, 4.69) is 20.3 Å². The Balaban J connectivity index is 1.56. The summed E-state index contributed by atoms with van der Waals surface area (Å²) in [5.41, 5.74) is 0.463. The average molecular weight is 462 g/mol. The van der Waals surface area contributed by atoms with Crippen LogP contribution in [0.3, 0.4) is 0 Å². The van der Waals surface area contributed by atoms with Crippen LogP contribution >= 0.6 is 11.3 Å². The molecular weight excluding hydrogens is 442 g/mol. The number of thiazole rings is 1. The van der Waals surface area contributed by atoms with Gasteiger partial charge in [-0.15, -0.1) is 11.3 Å². The van der Waals surface area contributed by atoms with Crippen molar-refractivity contribution in [2.45, 2.75) is 11.4 Å². The SMILES string of the molecule is CN(C)S(=O)(=O)c1ccccc1CNC(=O)COC(=O)c1csc(-c2ncccn2)n1. The second-order valence-corrected chi connectivity index (χ2v) is 9.34. The number of ether oxygens (including phenoxy) is 1. The molecule has 1 N–H and O–H groups in total. The van der Waals surface area contributed by atoms with E-state index in [0.717, 1.165) is 4.31 Å². The quantitative estimate of drug-likeness (QED) is 0.497. The minimum absolute atomic E-state index is 0.0359. The first kappa shape index (κ1) is 22.5. The van der Waals surface area contributed by atoms with Crippen LogP contribution in [0, 0.1) is 0 Å². The van der Waals surface area contributed by atoms with E-state index in [4.69, 9.17) is 4.74 Å². The van der Waals surface area contributed by atoms with Gasteiger partial charge in [0.05, 0.1) is 4.90 Å². The summed E-state index contributed by atoms with van der Waals surface area (Å²) in [5.74, 6) is -0.952. The number of nitrogens with one attached hydrogen (secondary N) is 1. The number of hydrogen-bond donors (Lipinski definition) is 1. The van der Waals surface area contributed by atoms with Crippen LogP contribution < -0.4 is 5.32 Å². The minimum atomic E-state index is -3.66. The minimum Gasteiger partial charge on any atom is -0.451 e. The maximum atomic E-state index is 12.4. The second-order valence-electron chi connectivity index (χ2n) is 6.36. The Kier molecular flexibility index (Phi) is 7.05. The zero-order chi connectivity index (χ0) is 22.4. The molecule has 162 valence electrons. The number of aromatic nitrogens is 3. The Morgan fingerprint density at radius 1 is 1.13 bits per heavy atom. The highest BCUT2D eigenvalue weighted by Crippen LogP contribution is 2.20. The highest BCUT2D eigenvalue weighted by atomic mass is 32.2. The Morgan fingerprint density at radius 3 is 2.55 bits per heavy atom. The molecule has 1 aromatic carbocycles. The fraction of sp³-hybridized carbons (Fsp3) is 0.211. The van der Waals surface area contributed by atoms with Crippen molar-refractivity contribution in [3.05, 3.63) is 59.4 Å². The summed E-state index contributed by atoms with van der Waals surface area (Å²) in [6.07, 6.45) is 3.13. The van der Waals surface area contributed by atoms with Crippen LogP contribution in [0.5, 0.6) is 0 Å². The first-order valence-corrected chi connectivity index (χ1v) is 11.3. The van der Waals surface area contributed by atoms with Gasteiger partial charge in [0.2, 0.25) is 10.0 Å². The molecule has 0 aliphatic carbocycles. The number of nitrogens with zero attached hydrogens (tertiary/aromatic N) is 4. The summed E-state index contributed by atoms with van der Waals surface area (Å²) in [4.78, 5) is 36.6. The molecule has 0 saturated heterocycles. The Hall–Kier alpha value is -3.22. The number of sulfonamides is 1. The van der Waals surface area contributed by atoms with Crippen molar-refractivity contribution < 1.29 is 22.7 Å². The monoisotopic (exact) mass is 461 g/mol. The summed E-state index contributed by atoms with van der Waals surface area (Å²) < 4.78 is 30.9. The maximum absolute atomic E-state index is 12.4. The standard InChI is InChI=1S/C19H19N5O5S2/c1-24(2)31(27,28)15-7-4-3-6-13(15)10-22-16(25)11-29-19(26)14-12-30-18(23-14)17-20-8-5-9-21-17/h3-9,12H,10-11H2,1-2H3,(H,22,25). The third kappa shape index (κ3) is 5.48. The number of rotatable bonds is 8. The van der Waals surface area contributed by atoms with E-state index >= 15 is 0 Å². The van der Waals surface area contributed by atoms with Crippen molar-refractivity contribution in [3.8, 4) is 10.8 Å². The fourth-order valence-corrected chi connectivity index (χ4v) is 4.28. The number of benzene rings is 1. The molecule has 3 aromatic rings. The number of esters is 1. The predicted octanol–water partition coefficient (Wildman–Crippen LogP) is 1.32. The molecule has 2 aromatic heterocycles. The van der Waals surface area contributed by atoms with Crippen LogP contribution in [0.15, 0.2) is 53.0 Å². The highest BCUT2D eigenvalue weighted by molar-refractivity contribution is 7.89. The van der Waals surface area contributed by atoms with Crippen LogP contribution in [0.25, 0.3) is 10.8 Å². The lowest BCUT2D eigenvalue weighted by Gasteiger charge is -2.15. The molecule has 2 heterocycles. The highest BCUT2D eigenvalue weighted by Gasteiger charge is 2.21. The lowest BCUT2D eigenvalue weighted by Crippen LogP contribution is -2.30. The van der Waals surface area contributed by atoms with E-state index in [1.54, 1.807) is 36.7 Å². The van der Waals surface area contributed by atoms with Gasteiger partial charge >= 0.3 is 5.97 Å². The first-order valence-electron chi connectivity index (χ1n) is 8.96. The van der Waals surface area contributed by atoms with Crippen molar-refractivity contribution in [2.75, 3.05) is 20.7 Å². The van der Waals surface area contributed by atoms with Gasteiger partial charge < -0.3 is 10.1 Å². The van der Waals surface area contributed by atoms with Gasteiger partial charge in [-0.3, -0.25) is 4.79 Å². The van der Waals surface area contributed by atoms with E-state index in [1.807, 2.05) is 0 Å². The van der Waals surface area contributed by atoms with Crippen molar-refractivity contribution in [1.29, 1.82) is 0 Å². The zero-order valence-corrected chi connectivity index (χ0v) is 18.3. The summed E-state index contributed by atoms with van der Waals surface area (Å²) >= 11 is 1.18. The van der Waals surface area contributed by atoms with Gasteiger partial charge in [-0.2, -0.15) is 0 Å². The summed E-state index contributed by atoms with van der Waals surface area (Å²) in [6, 6.07) is 8.01. The van der Waals surface area contributed by atoms with Crippen LogP contribution in [-0.2, 0) is 26.1 Å². The molecule has 0 atom stereocenters. The van der Waals surface area contributed by atoms with E-state index < -0.39 is 28.5 Å². The van der Waals surface area contributed by atoms with Crippen LogP contribution in [0.1, 0.15) is 16.1 Å². The van der Waals surface area contributed by atoms with Crippen LogP contribution in [0.4, 0.5) is 0 Å². The molecule has 1 amide bonds. The molecule has 12 heteroatoms. The van der Waals surface area contributed by atoms with Gasteiger partial charge in [-0.1, -0.05) is 18.2 Å². The molecule has 10 nitrogen and oxygen atoms in total. The topological polar surface area (TPSA) is 131 Å².